The molecule has 0 bridgehead atoms. The lowest BCUT2D eigenvalue weighted by atomic mass is 10.3. The minimum atomic E-state index is -0.505. The van der Waals surface area contributed by atoms with Crippen LogP contribution in [0.3, 0.4) is 0 Å². The zero-order chi connectivity index (χ0) is 14.1. The van der Waals surface area contributed by atoms with Gasteiger partial charge in [0.05, 0.1) is 25.9 Å². The van der Waals surface area contributed by atoms with E-state index >= 15 is 0 Å². The van der Waals surface area contributed by atoms with Crippen LogP contribution < -0.4 is 0 Å². The van der Waals surface area contributed by atoms with Gasteiger partial charge in [0.2, 0.25) is 0 Å². The lowest BCUT2D eigenvalue weighted by Gasteiger charge is -2.34. The van der Waals surface area contributed by atoms with Gasteiger partial charge in [-0.2, -0.15) is 0 Å². The van der Waals surface area contributed by atoms with Crippen molar-refractivity contribution in [3.63, 3.8) is 0 Å². The van der Waals surface area contributed by atoms with Gasteiger partial charge in [0.15, 0.2) is 0 Å². The summed E-state index contributed by atoms with van der Waals surface area (Å²) in [6.45, 7) is 9.84. The average molecular weight is 272 g/mol. The second-order valence-electron chi connectivity index (χ2n) is 4.47. The number of carbonyl (C=O) groups is 1. The molecule has 1 rings (SSSR count). The standard InChI is InChI=1S/C13H24N2O4/c1-3-9-18-11-12(16)10-14-5-7-15(8-6-14)13(17)19-4-2/h3,12,16H,1,4-11H2,2H3/t12-/m1/s1. The minimum absolute atomic E-state index is 0.253. The smallest absolute Gasteiger partial charge is 0.409 e. The van der Waals surface area contributed by atoms with Crippen LogP contribution in [0.1, 0.15) is 6.92 Å². The third-order valence-corrected chi connectivity index (χ3v) is 2.91. The predicted octanol–water partition coefficient (Wildman–Crippen LogP) is 0.324. The Labute approximate surface area is 114 Å². The molecule has 1 aliphatic rings. The summed E-state index contributed by atoms with van der Waals surface area (Å²) < 4.78 is 10.2. The normalized spacial score (nSPS) is 18.1. The summed E-state index contributed by atoms with van der Waals surface area (Å²) in [5.41, 5.74) is 0. The second-order valence-corrected chi connectivity index (χ2v) is 4.47. The molecule has 0 radical (unpaired) electrons. The Kier molecular flexibility index (Phi) is 7.47. The summed E-state index contributed by atoms with van der Waals surface area (Å²) in [6.07, 6.45) is 0.899. The SMILES string of the molecule is C=CCOC[C@H](O)CN1CCN(C(=O)OCC)CC1. The van der Waals surface area contributed by atoms with Gasteiger partial charge in [0, 0.05) is 32.7 Å². The fraction of sp³-hybridized carbons (Fsp3) is 0.769. The van der Waals surface area contributed by atoms with Gasteiger partial charge in [-0.1, -0.05) is 6.08 Å². The summed E-state index contributed by atoms with van der Waals surface area (Å²) in [6, 6.07) is 0. The van der Waals surface area contributed by atoms with Crippen molar-refractivity contribution >= 4 is 6.09 Å². The maximum absolute atomic E-state index is 11.5. The summed E-state index contributed by atoms with van der Waals surface area (Å²) in [5, 5.41) is 9.78. The Morgan fingerprint density at radius 3 is 2.68 bits per heavy atom. The van der Waals surface area contributed by atoms with Gasteiger partial charge in [-0.25, -0.2) is 4.79 Å². The van der Waals surface area contributed by atoms with Crippen LogP contribution in [0.2, 0.25) is 0 Å². The summed E-state index contributed by atoms with van der Waals surface area (Å²) in [7, 11) is 0. The number of aliphatic hydroxyl groups is 1. The van der Waals surface area contributed by atoms with Gasteiger partial charge in [-0.05, 0) is 6.92 Å². The molecule has 19 heavy (non-hydrogen) atoms. The number of hydrogen-bond acceptors (Lipinski definition) is 5. The number of nitrogens with zero attached hydrogens (tertiary/aromatic N) is 2. The number of carbonyl (C=O) groups excluding carboxylic acids is 1. The predicted molar refractivity (Wildman–Crippen MR) is 72.1 cm³/mol. The maximum atomic E-state index is 11.5. The van der Waals surface area contributed by atoms with Crippen LogP contribution >= 0.6 is 0 Å². The van der Waals surface area contributed by atoms with E-state index in [-0.39, 0.29) is 6.09 Å². The minimum Gasteiger partial charge on any atom is -0.450 e. The topological polar surface area (TPSA) is 62.2 Å². The van der Waals surface area contributed by atoms with Crippen LogP contribution in [0.15, 0.2) is 12.7 Å². The highest BCUT2D eigenvalue weighted by Crippen LogP contribution is 2.05. The molecule has 0 spiro atoms. The van der Waals surface area contributed by atoms with Crippen LogP contribution in [-0.2, 0) is 9.47 Å². The van der Waals surface area contributed by atoms with E-state index in [2.05, 4.69) is 11.5 Å². The second kappa shape index (κ2) is 8.90. The Hall–Kier alpha value is -1.11. The number of β-amino-alcohol motifs (C(OH)–C–C–N with tert-alkyl or cyclic N) is 1. The maximum Gasteiger partial charge on any atom is 0.409 e. The number of amides is 1. The third kappa shape index (κ3) is 6.04. The first-order chi connectivity index (χ1) is 9.17. The summed E-state index contributed by atoms with van der Waals surface area (Å²) in [5.74, 6) is 0. The molecular formula is C13H24N2O4. The number of aliphatic hydroxyl groups excluding tert-OH is 1. The van der Waals surface area contributed by atoms with Gasteiger partial charge >= 0.3 is 6.09 Å². The molecule has 1 aliphatic heterocycles. The number of piperazine rings is 1. The Morgan fingerprint density at radius 2 is 2.11 bits per heavy atom. The summed E-state index contributed by atoms with van der Waals surface area (Å²) in [4.78, 5) is 15.3. The van der Waals surface area contributed by atoms with Crippen molar-refractivity contribution < 1.29 is 19.4 Å². The van der Waals surface area contributed by atoms with E-state index in [1.54, 1.807) is 17.9 Å². The van der Waals surface area contributed by atoms with E-state index in [1.165, 1.54) is 0 Å². The van der Waals surface area contributed by atoms with Crippen LogP contribution in [0.25, 0.3) is 0 Å². The molecule has 0 aliphatic carbocycles. The Bertz CT molecular complexity index is 278. The first-order valence-electron chi connectivity index (χ1n) is 6.68. The average Bonchev–Trinajstić information content (AvgIpc) is 2.40. The molecule has 0 unspecified atom stereocenters. The summed E-state index contributed by atoms with van der Waals surface area (Å²) >= 11 is 0. The molecule has 1 atom stereocenters. The molecule has 1 heterocycles. The molecule has 1 fully saturated rings. The van der Waals surface area contributed by atoms with Gasteiger partial charge in [-0.3, -0.25) is 4.90 Å². The quantitative estimate of drug-likeness (QED) is 0.534. The van der Waals surface area contributed by atoms with Gasteiger partial charge in [-0.15, -0.1) is 6.58 Å². The molecule has 6 heteroatoms. The van der Waals surface area contributed by atoms with E-state index in [4.69, 9.17) is 9.47 Å². The third-order valence-electron chi connectivity index (χ3n) is 2.91. The van der Waals surface area contributed by atoms with Crippen molar-refractivity contribution in [2.75, 3.05) is 52.5 Å². The highest BCUT2D eigenvalue weighted by molar-refractivity contribution is 5.67. The molecule has 6 nitrogen and oxygen atoms in total. The number of rotatable bonds is 7. The fourth-order valence-electron chi connectivity index (χ4n) is 1.97. The highest BCUT2D eigenvalue weighted by atomic mass is 16.6. The van der Waals surface area contributed by atoms with Crippen LogP contribution in [-0.4, -0.2) is 79.6 Å². The first-order valence-corrected chi connectivity index (χ1v) is 6.68. The number of hydrogen-bond donors (Lipinski definition) is 1. The lowest BCUT2D eigenvalue weighted by molar-refractivity contribution is 0.0140. The molecule has 1 N–H and O–H groups in total. The number of ether oxygens (including phenoxy) is 2. The van der Waals surface area contributed by atoms with Crippen molar-refractivity contribution in [1.82, 2.24) is 9.80 Å². The highest BCUT2D eigenvalue weighted by Gasteiger charge is 2.23. The van der Waals surface area contributed by atoms with Crippen molar-refractivity contribution in [3.8, 4) is 0 Å². The first kappa shape index (κ1) is 15.9. The van der Waals surface area contributed by atoms with Crippen molar-refractivity contribution in [2.45, 2.75) is 13.0 Å². The molecular weight excluding hydrogens is 248 g/mol. The van der Waals surface area contributed by atoms with Crippen LogP contribution in [0.4, 0.5) is 4.79 Å². The van der Waals surface area contributed by atoms with Gasteiger partial charge in [0.1, 0.15) is 0 Å². The van der Waals surface area contributed by atoms with Crippen molar-refractivity contribution in [3.05, 3.63) is 12.7 Å². The fourth-order valence-corrected chi connectivity index (χ4v) is 1.97. The molecule has 0 saturated carbocycles. The lowest BCUT2D eigenvalue weighted by Crippen LogP contribution is -2.50. The van der Waals surface area contributed by atoms with Gasteiger partial charge in [0.25, 0.3) is 0 Å². The largest absolute Gasteiger partial charge is 0.450 e. The monoisotopic (exact) mass is 272 g/mol. The van der Waals surface area contributed by atoms with E-state index in [0.29, 0.717) is 39.5 Å². The van der Waals surface area contributed by atoms with Crippen molar-refractivity contribution in [2.24, 2.45) is 0 Å². The molecule has 110 valence electrons. The Balaban J connectivity index is 2.18. The molecule has 1 amide bonds. The van der Waals surface area contributed by atoms with E-state index in [1.807, 2.05) is 0 Å². The zero-order valence-corrected chi connectivity index (χ0v) is 11.6. The zero-order valence-electron chi connectivity index (χ0n) is 11.6. The van der Waals surface area contributed by atoms with Crippen LogP contribution in [0, 0.1) is 0 Å². The van der Waals surface area contributed by atoms with Gasteiger partial charge < -0.3 is 19.5 Å². The van der Waals surface area contributed by atoms with E-state index in [0.717, 1.165) is 13.1 Å². The molecule has 0 aromatic carbocycles. The molecule has 0 aromatic rings. The Morgan fingerprint density at radius 1 is 1.42 bits per heavy atom. The van der Waals surface area contributed by atoms with E-state index in [9.17, 15) is 9.90 Å². The van der Waals surface area contributed by atoms with Crippen molar-refractivity contribution in [1.29, 1.82) is 0 Å². The molecule has 1 saturated heterocycles. The van der Waals surface area contributed by atoms with E-state index < -0.39 is 6.10 Å². The van der Waals surface area contributed by atoms with Crippen LogP contribution in [0.5, 0.6) is 0 Å². The molecule has 0 aromatic heterocycles.